The molecule has 0 aliphatic rings. The van der Waals surface area contributed by atoms with Crippen LogP contribution in [0.1, 0.15) is 5.56 Å². The van der Waals surface area contributed by atoms with Crippen LogP contribution < -0.4 is 5.32 Å². The van der Waals surface area contributed by atoms with Gasteiger partial charge >= 0.3 is 0 Å². The molecule has 2 aromatic carbocycles. The van der Waals surface area contributed by atoms with Crippen LogP contribution in [0, 0.1) is 6.92 Å². The van der Waals surface area contributed by atoms with Gasteiger partial charge in [0.1, 0.15) is 0 Å². The first-order chi connectivity index (χ1) is 12.5. The first-order valence-electron chi connectivity index (χ1n) is 7.79. The Morgan fingerprint density at radius 2 is 1.96 bits per heavy atom. The lowest BCUT2D eigenvalue weighted by molar-refractivity contribution is -0.113. The summed E-state index contributed by atoms with van der Waals surface area (Å²) in [5.74, 6) is 0.756. The van der Waals surface area contributed by atoms with Crippen LogP contribution in [0.2, 0.25) is 10.0 Å². The van der Waals surface area contributed by atoms with Crippen LogP contribution in [0.3, 0.4) is 0 Å². The molecule has 1 amide bonds. The molecule has 134 valence electrons. The number of amides is 1. The summed E-state index contributed by atoms with van der Waals surface area (Å²) in [7, 11) is 1.85. The second-order valence-corrected chi connectivity index (χ2v) is 7.43. The van der Waals surface area contributed by atoms with E-state index in [0.29, 0.717) is 21.0 Å². The van der Waals surface area contributed by atoms with Gasteiger partial charge < -0.3 is 9.88 Å². The van der Waals surface area contributed by atoms with E-state index in [1.54, 1.807) is 18.2 Å². The van der Waals surface area contributed by atoms with E-state index in [1.807, 2.05) is 42.8 Å². The van der Waals surface area contributed by atoms with Gasteiger partial charge in [-0.15, -0.1) is 10.2 Å². The molecule has 1 N–H and O–H groups in total. The molecule has 0 saturated heterocycles. The third kappa shape index (κ3) is 4.20. The quantitative estimate of drug-likeness (QED) is 0.616. The summed E-state index contributed by atoms with van der Waals surface area (Å²) < 4.78 is 1.83. The summed E-state index contributed by atoms with van der Waals surface area (Å²) in [6.45, 7) is 1.90. The number of aromatic nitrogens is 3. The van der Waals surface area contributed by atoms with Crippen LogP contribution in [-0.2, 0) is 11.8 Å². The summed E-state index contributed by atoms with van der Waals surface area (Å²) >= 11 is 13.5. The van der Waals surface area contributed by atoms with Crippen molar-refractivity contribution < 1.29 is 4.79 Å². The Bertz CT molecular complexity index is 958. The minimum absolute atomic E-state index is 0.122. The number of thioether (sulfide) groups is 1. The maximum absolute atomic E-state index is 12.2. The molecule has 1 heterocycles. The van der Waals surface area contributed by atoms with Gasteiger partial charge in [-0.05, 0) is 42.8 Å². The van der Waals surface area contributed by atoms with Crippen molar-refractivity contribution in [1.29, 1.82) is 0 Å². The second kappa shape index (κ2) is 8.12. The van der Waals surface area contributed by atoms with E-state index in [4.69, 9.17) is 23.2 Å². The number of rotatable bonds is 5. The first kappa shape index (κ1) is 18.8. The van der Waals surface area contributed by atoms with E-state index in [9.17, 15) is 4.79 Å². The average molecular weight is 407 g/mol. The van der Waals surface area contributed by atoms with Gasteiger partial charge in [0.05, 0.1) is 10.8 Å². The molecule has 26 heavy (non-hydrogen) atoms. The molecular weight excluding hydrogens is 391 g/mol. The van der Waals surface area contributed by atoms with Crippen molar-refractivity contribution in [2.75, 3.05) is 11.1 Å². The highest BCUT2D eigenvalue weighted by Gasteiger charge is 2.15. The maximum atomic E-state index is 12.2. The van der Waals surface area contributed by atoms with Gasteiger partial charge in [0.25, 0.3) is 0 Å². The number of carbonyl (C=O) groups excluding carboxylic acids is 1. The lowest BCUT2D eigenvalue weighted by Crippen LogP contribution is -2.15. The van der Waals surface area contributed by atoms with Crippen LogP contribution in [0.15, 0.2) is 47.6 Å². The standard InChI is InChI=1S/C18H16Cl2N4OS/c1-11-9-12(19)7-8-15(11)21-16(25)10-26-18-23-22-17(24(18)2)13-5-3-4-6-14(13)20/h3-9H,10H2,1-2H3,(H,21,25). The average Bonchev–Trinajstić information content (AvgIpc) is 2.97. The third-order valence-corrected chi connectivity index (χ3v) is 5.33. The number of hydrogen-bond donors (Lipinski definition) is 1. The molecule has 0 aliphatic heterocycles. The number of anilines is 1. The fraction of sp³-hybridized carbons (Fsp3) is 0.167. The normalized spacial score (nSPS) is 10.8. The molecule has 8 heteroatoms. The number of halogens is 2. The zero-order valence-electron chi connectivity index (χ0n) is 14.2. The van der Waals surface area contributed by atoms with Crippen molar-refractivity contribution >= 4 is 46.6 Å². The van der Waals surface area contributed by atoms with E-state index in [-0.39, 0.29) is 11.7 Å². The minimum atomic E-state index is -0.122. The molecule has 0 fully saturated rings. The molecule has 0 aliphatic carbocycles. The minimum Gasteiger partial charge on any atom is -0.325 e. The predicted octanol–water partition coefficient (Wildman–Crippen LogP) is 4.83. The van der Waals surface area contributed by atoms with Crippen molar-refractivity contribution in [2.45, 2.75) is 12.1 Å². The van der Waals surface area contributed by atoms with Gasteiger partial charge in [-0.2, -0.15) is 0 Å². The molecule has 0 atom stereocenters. The SMILES string of the molecule is Cc1cc(Cl)ccc1NC(=O)CSc1nnc(-c2ccccc2Cl)n1C. The highest BCUT2D eigenvalue weighted by atomic mass is 35.5. The largest absolute Gasteiger partial charge is 0.325 e. The summed E-state index contributed by atoms with van der Waals surface area (Å²) in [6, 6.07) is 12.8. The molecule has 1 aromatic heterocycles. The Balaban J connectivity index is 1.67. The molecule has 0 spiro atoms. The lowest BCUT2D eigenvalue weighted by atomic mass is 10.2. The summed E-state index contributed by atoms with van der Waals surface area (Å²) in [6.07, 6.45) is 0. The van der Waals surface area contributed by atoms with E-state index >= 15 is 0 Å². The number of hydrogen-bond acceptors (Lipinski definition) is 4. The Kier molecular flexibility index (Phi) is 5.86. The van der Waals surface area contributed by atoms with Gasteiger partial charge in [0, 0.05) is 23.3 Å². The van der Waals surface area contributed by atoms with Gasteiger partial charge in [-0.25, -0.2) is 0 Å². The molecule has 3 rings (SSSR count). The molecule has 3 aromatic rings. The lowest BCUT2D eigenvalue weighted by Gasteiger charge is -2.08. The summed E-state index contributed by atoms with van der Waals surface area (Å²) in [5, 5.41) is 13.1. The van der Waals surface area contributed by atoms with E-state index in [1.165, 1.54) is 11.8 Å². The van der Waals surface area contributed by atoms with E-state index in [2.05, 4.69) is 15.5 Å². The maximum Gasteiger partial charge on any atom is 0.234 e. The summed E-state index contributed by atoms with van der Waals surface area (Å²) in [4.78, 5) is 12.2. The number of benzene rings is 2. The molecule has 5 nitrogen and oxygen atoms in total. The number of nitrogens with zero attached hydrogens (tertiary/aromatic N) is 3. The third-order valence-electron chi connectivity index (χ3n) is 3.74. The fourth-order valence-electron chi connectivity index (χ4n) is 2.40. The van der Waals surface area contributed by atoms with Crippen molar-refractivity contribution in [2.24, 2.45) is 7.05 Å². The zero-order valence-corrected chi connectivity index (χ0v) is 16.5. The molecule has 0 radical (unpaired) electrons. The number of aryl methyl sites for hydroxylation is 1. The van der Waals surface area contributed by atoms with Crippen molar-refractivity contribution in [3.05, 3.63) is 58.1 Å². The summed E-state index contributed by atoms with van der Waals surface area (Å²) in [5.41, 5.74) is 2.46. The van der Waals surface area contributed by atoms with Crippen LogP contribution in [0.4, 0.5) is 5.69 Å². The Labute approximate surface area is 165 Å². The van der Waals surface area contributed by atoms with Crippen molar-refractivity contribution in [1.82, 2.24) is 14.8 Å². The highest BCUT2D eigenvalue weighted by molar-refractivity contribution is 7.99. The number of carbonyl (C=O) groups is 1. The Hall–Kier alpha value is -2.02. The van der Waals surface area contributed by atoms with Crippen LogP contribution in [0.5, 0.6) is 0 Å². The Morgan fingerprint density at radius 3 is 2.69 bits per heavy atom. The fourth-order valence-corrected chi connectivity index (χ4v) is 3.56. The van der Waals surface area contributed by atoms with Crippen molar-refractivity contribution in [3.63, 3.8) is 0 Å². The van der Waals surface area contributed by atoms with Gasteiger partial charge in [-0.1, -0.05) is 47.1 Å². The van der Waals surface area contributed by atoms with Crippen LogP contribution >= 0.6 is 35.0 Å². The van der Waals surface area contributed by atoms with E-state index < -0.39 is 0 Å². The monoisotopic (exact) mass is 406 g/mol. The van der Waals surface area contributed by atoms with Crippen molar-refractivity contribution in [3.8, 4) is 11.4 Å². The smallest absolute Gasteiger partial charge is 0.234 e. The molecule has 0 saturated carbocycles. The first-order valence-corrected chi connectivity index (χ1v) is 9.53. The predicted molar refractivity (Wildman–Crippen MR) is 107 cm³/mol. The highest BCUT2D eigenvalue weighted by Crippen LogP contribution is 2.28. The molecular formula is C18H16Cl2N4OS. The van der Waals surface area contributed by atoms with E-state index in [0.717, 1.165) is 16.8 Å². The zero-order chi connectivity index (χ0) is 18.7. The van der Waals surface area contributed by atoms with Gasteiger partial charge in [0.15, 0.2) is 11.0 Å². The molecule has 0 bridgehead atoms. The van der Waals surface area contributed by atoms with Gasteiger partial charge in [0.2, 0.25) is 5.91 Å². The van der Waals surface area contributed by atoms with Crippen LogP contribution in [0.25, 0.3) is 11.4 Å². The van der Waals surface area contributed by atoms with Crippen LogP contribution in [-0.4, -0.2) is 26.4 Å². The topological polar surface area (TPSA) is 59.8 Å². The van der Waals surface area contributed by atoms with Gasteiger partial charge in [-0.3, -0.25) is 4.79 Å². The Morgan fingerprint density at radius 1 is 1.19 bits per heavy atom. The number of nitrogens with one attached hydrogen (secondary N) is 1. The molecule has 0 unspecified atom stereocenters. The second-order valence-electron chi connectivity index (χ2n) is 5.64.